The van der Waals surface area contributed by atoms with E-state index in [9.17, 15) is 0 Å². The molecule has 1 aliphatic heterocycles. The van der Waals surface area contributed by atoms with Crippen molar-refractivity contribution in [3.8, 4) is 0 Å². The van der Waals surface area contributed by atoms with Gasteiger partial charge in [-0.3, -0.25) is 4.90 Å². The summed E-state index contributed by atoms with van der Waals surface area (Å²) < 4.78 is 0. The van der Waals surface area contributed by atoms with Crippen molar-refractivity contribution in [2.24, 2.45) is 11.8 Å². The van der Waals surface area contributed by atoms with Crippen LogP contribution < -0.4 is 5.32 Å². The van der Waals surface area contributed by atoms with Crippen LogP contribution in [0.1, 0.15) is 54.4 Å². The van der Waals surface area contributed by atoms with Gasteiger partial charge in [-0.05, 0) is 45.6 Å². The lowest BCUT2D eigenvalue weighted by Crippen LogP contribution is -2.58. The Morgan fingerprint density at radius 1 is 0.905 bits per heavy atom. The van der Waals surface area contributed by atoms with E-state index in [0.29, 0.717) is 6.04 Å². The predicted octanol–water partition coefficient (Wildman–Crippen LogP) is 3.06. The molecule has 1 N–H and O–H groups in total. The number of nitrogens with one attached hydrogen (secondary N) is 1. The minimum absolute atomic E-state index is 0.257. The van der Waals surface area contributed by atoms with E-state index in [1.165, 1.54) is 39.0 Å². The van der Waals surface area contributed by atoms with Crippen molar-refractivity contribution in [3.63, 3.8) is 0 Å². The Kier molecular flexibility index (Phi) is 7.66. The summed E-state index contributed by atoms with van der Waals surface area (Å²) in [7, 11) is 2.23. The summed E-state index contributed by atoms with van der Waals surface area (Å²) in [6.07, 6.45) is 2.58. The molecule has 3 nitrogen and oxygen atoms in total. The molecule has 126 valence electrons. The van der Waals surface area contributed by atoms with Crippen molar-refractivity contribution in [3.05, 3.63) is 0 Å². The number of piperazine rings is 1. The molecule has 0 spiro atoms. The van der Waals surface area contributed by atoms with E-state index in [2.05, 4.69) is 63.7 Å². The highest BCUT2D eigenvalue weighted by atomic mass is 15.3. The summed E-state index contributed by atoms with van der Waals surface area (Å²) in [6.45, 7) is 20.0. The highest BCUT2D eigenvalue weighted by Gasteiger charge is 2.29. The zero-order valence-corrected chi connectivity index (χ0v) is 15.6. The SMILES string of the molecule is CC(C)CC(CC(C)C)NCC(C)(C)N1CCN(C)CC1. The molecule has 0 aromatic rings. The average Bonchev–Trinajstić information content (AvgIpc) is 2.35. The molecule has 0 saturated carbocycles. The van der Waals surface area contributed by atoms with Crippen LogP contribution in [-0.2, 0) is 0 Å². The largest absolute Gasteiger partial charge is 0.312 e. The van der Waals surface area contributed by atoms with Gasteiger partial charge in [-0.1, -0.05) is 27.7 Å². The van der Waals surface area contributed by atoms with Crippen molar-refractivity contribution < 1.29 is 0 Å². The normalized spacial score (nSPS) is 19.1. The summed E-state index contributed by atoms with van der Waals surface area (Å²) in [5, 5.41) is 3.88. The van der Waals surface area contributed by atoms with Gasteiger partial charge in [0, 0.05) is 44.3 Å². The molecule has 3 heteroatoms. The molecule has 21 heavy (non-hydrogen) atoms. The van der Waals surface area contributed by atoms with E-state index in [0.717, 1.165) is 18.4 Å². The first-order valence-corrected chi connectivity index (χ1v) is 8.87. The number of nitrogens with zero attached hydrogens (tertiary/aromatic N) is 2. The van der Waals surface area contributed by atoms with Gasteiger partial charge in [0.15, 0.2) is 0 Å². The molecule has 1 saturated heterocycles. The Hall–Kier alpha value is -0.120. The second-order valence-electron chi connectivity index (χ2n) is 8.44. The smallest absolute Gasteiger partial charge is 0.0278 e. The monoisotopic (exact) mass is 297 g/mol. The van der Waals surface area contributed by atoms with Crippen molar-refractivity contribution in [2.45, 2.75) is 66.0 Å². The Labute approximate surface area is 133 Å². The molecule has 0 atom stereocenters. The molecule has 0 amide bonds. The van der Waals surface area contributed by atoms with Crippen LogP contribution in [0.15, 0.2) is 0 Å². The molecule has 0 radical (unpaired) electrons. The zero-order valence-electron chi connectivity index (χ0n) is 15.6. The van der Waals surface area contributed by atoms with Crippen LogP contribution in [0.5, 0.6) is 0 Å². The summed E-state index contributed by atoms with van der Waals surface area (Å²) >= 11 is 0. The Balaban J connectivity index is 2.48. The van der Waals surface area contributed by atoms with Gasteiger partial charge in [0.2, 0.25) is 0 Å². The summed E-state index contributed by atoms with van der Waals surface area (Å²) in [5.74, 6) is 1.54. The van der Waals surface area contributed by atoms with Gasteiger partial charge >= 0.3 is 0 Å². The second-order valence-corrected chi connectivity index (χ2v) is 8.44. The molecule has 0 aromatic carbocycles. The number of rotatable bonds is 8. The van der Waals surface area contributed by atoms with E-state index < -0.39 is 0 Å². The van der Waals surface area contributed by atoms with E-state index >= 15 is 0 Å². The third-order valence-electron chi connectivity index (χ3n) is 4.69. The number of hydrogen-bond donors (Lipinski definition) is 1. The van der Waals surface area contributed by atoms with Crippen LogP contribution >= 0.6 is 0 Å². The molecule has 0 aromatic heterocycles. The van der Waals surface area contributed by atoms with Crippen molar-refractivity contribution in [2.75, 3.05) is 39.8 Å². The molecule has 1 heterocycles. The predicted molar refractivity (Wildman–Crippen MR) is 93.8 cm³/mol. The van der Waals surface area contributed by atoms with Gasteiger partial charge in [-0.2, -0.15) is 0 Å². The number of hydrogen-bond acceptors (Lipinski definition) is 3. The van der Waals surface area contributed by atoms with Crippen molar-refractivity contribution >= 4 is 0 Å². The summed E-state index contributed by atoms with van der Waals surface area (Å²) in [6, 6.07) is 0.664. The van der Waals surface area contributed by atoms with Crippen LogP contribution in [0, 0.1) is 11.8 Å². The lowest BCUT2D eigenvalue weighted by atomic mass is 9.94. The molecular weight excluding hydrogens is 258 g/mol. The van der Waals surface area contributed by atoms with E-state index in [1.807, 2.05) is 0 Å². The van der Waals surface area contributed by atoms with Gasteiger partial charge in [0.05, 0.1) is 0 Å². The third kappa shape index (κ3) is 7.12. The first-order chi connectivity index (χ1) is 9.70. The molecule has 1 fully saturated rings. The summed E-state index contributed by atoms with van der Waals surface area (Å²) in [5.41, 5.74) is 0.257. The minimum Gasteiger partial charge on any atom is -0.312 e. The topological polar surface area (TPSA) is 18.5 Å². The Morgan fingerprint density at radius 2 is 1.38 bits per heavy atom. The minimum atomic E-state index is 0.257. The van der Waals surface area contributed by atoms with Gasteiger partial charge in [-0.25, -0.2) is 0 Å². The molecule has 1 rings (SSSR count). The van der Waals surface area contributed by atoms with Crippen LogP contribution in [0.2, 0.25) is 0 Å². The fourth-order valence-electron chi connectivity index (χ4n) is 3.32. The maximum atomic E-state index is 3.88. The van der Waals surface area contributed by atoms with Crippen LogP contribution in [-0.4, -0.2) is 61.2 Å². The second kappa shape index (κ2) is 8.50. The zero-order chi connectivity index (χ0) is 16.0. The fourth-order valence-corrected chi connectivity index (χ4v) is 3.32. The molecule has 1 aliphatic rings. The highest BCUT2D eigenvalue weighted by Crippen LogP contribution is 2.18. The van der Waals surface area contributed by atoms with E-state index in [1.54, 1.807) is 0 Å². The highest BCUT2D eigenvalue weighted by molar-refractivity contribution is 4.88. The summed E-state index contributed by atoms with van der Waals surface area (Å²) in [4.78, 5) is 5.09. The maximum absolute atomic E-state index is 3.88. The molecular formula is C18H39N3. The third-order valence-corrected chi connectivity index (χ3v) is 4.69. The van der Waals surface area contributed by atoms with Gasteiger partial charge in [0.25, 0.3) is 0 Å². The van der Waals surface area contributed by atoms with Gasteiger partial charge in [-0.15, -0.1) is 0 Å². The van der Waals surface area contributed by atoms with E-state index in [-0.39, 0.29) is 5.54 Å². The Bertz CT molecular complexity index is 268. The van der Waals surface area contributed by atoms with Gasteiger partial charge < -0.3 is 10.2 Å². The van der Waals surface area contributed by atoms with Crippen LogP contribution in [0.4, 0.5) is 0 Å². The quantitative estimate of drug-likeness (QED) is 0.743. The standard InChI is InChI=1S/C18H39N3/c1-15(2)12-17(13-16(3)4)19-14-18(5,6)21-10-8-20(7)9-11-21/h15-17,19H,8-14H2,1-7H3. The van der Waals surface area contributed by atoms with E-state index in [4.69, 9.17) is 0 Å². The fraction of sp³-hybridized carbons (Fsp3) is 1.00. The molecule has 0 aliphatic carbocycles. The average molecular weight is 298 g/mol. The molecule has 0 unspecified atom stereocenters. The Morgan fingerprint density at radius 3 is 1.81 bits per heavy atom. The van der Waals surface area contributed by atoms with Crippen molar-refractivity contribution in [1.82, 2.24) is 15.1 Å². The first kappa shape index (κ1) is 18.9. The number of likely N-dealkylation sites (N-methyl/N-ethyl adjacent to an activating group) is 1. The van der Waals surface area contributed by atoms with Crippen LogP contribution in [0.3, 0.4) is 0 Å². The maximum Gasteiger partial charge on any atom is 0.0278 e. The first-order valence-electron chi connectivity index (χ1n) is 8.87. The molecule has 0 bridgehead atoms. The van der Waals surface area contributed by atoms with Crippen molar-refractivity contribution in [1.29, 1.82) is 0 Å². The van der Waals surface area contributed by atoms with Crippen LogP contribution in [0.25, 0.3) is 0 Å². The lowest BCUT2D eigenvalue weighted by Gasteiger charge is -2.44. The van der Waals surface area contributed by atoms with Gasteiger partial charge in [0.1, 0.15) is 0 Å². The lowest BCUT2D eigenvalue weighted by molar-refractivity contribution is 0.0590.